The van der Waals surface area contributed by atoms with Crippen molar-refractivity contribution in [3.05, 3.63) is 41.7 Å². The van der Waals surface area contributed by atoms with E-state index in [1.54, 1.807) is 0 Å². The summed E-state index contributed by atoms with van der Waals surface area (Å²) >= 11 is 0. The number of nitrogen functional groups attached to an aromatic ring is 1. The number of nitrogens with zero attached hydrogens (tertiary/aromatic N) is 2. The number of aromatic nitrogens is 4. The fourth-order valence-electron chi connectivity index (χ4n) is 3.77. The van der Waals surface area contributed by atoms with Crippen molar-refractivity contribution in [3.8, 4) is 11.1 Å². The van der Waals surface area contributed by atoms with Gasteiger partial charge in [0, 0.05) is 22.7 Å². The third-order valence-electron chi connectivity index (χ3n) is 4.89. The van der Waals surface area contributed by atoms with E-state index in [9.17, 15) is 0 Å². The Morgan fingerprint density at radius 2 is 2.00 bits per heavy atom. The lowest BCUT2D eigenvalue weighted by molar-refractivity contribution is 0.680. The number of hydrogen-bond acceptors (Lipinski definition) is 3. The maximum Gasteiger partial charge on any atom is 0.153 e. The lowest BCUT2D eigenvalue weighted by atomic mass is 9.92. The van der Waals surface area contributed by atoms with Gasteiger partial charge in [0.1, 0.15) is 5.65 Å². The van der Waals surface area contributed by atoms with Crippen molar-refractivity contribution in [1.29, 1.82) is 0 Å². The van der Waals surface area contributed by atoms with E-state index in [4.69, 9.17) is 5.73 Å². The van der Waals surface area contributed by atoms with E-state index in [-0.39, 0.29) is 0 Å². The summed E-state index contributed by atoms with van der Waals surface area (Å²) in [4.78, 5) is 8.06. The Kier molecular flexibility index (Phi) is 2.53. The number of hydrogen-bond donors (Lipinski definition) is 3. The highest BCUT2D eigenvalue weighted by atomic mass is 15.1. The average Bonchev–Trinajstić information content (AvgIpc) is 3.15. The molecule has 0 spiro atoms. The van der Waals surface area contributed by atoms with Gasteiger partial charge in [0.15, 0.2) is 5.82 Å². The molecule has 1 aromatic carbocycles. The van der Waals surface area contributed by atoms with Crippen molar-refractivity contribution in [2.75, 3.05) is 5.73 Å². The summed E-state index contributed by atoms with van der Waals surface area (Å²) in [7, 11) is 0. The number of fused-ring (bicyclic) bond motifs is 4. The Bertz CT molecular complexity index is 1040. The van der Waals surface area contributed by atoms with Crippen LogP contribution in [0.25, 0.3) is 33.1 Å². The second-order valence-corrected chi connectivity index (χ2v) is 6.24. The van der Waals surface area contributed by atoms with Gasteiger partial charge < -0.3 is 10.7 Å². The maximum atomic E-state index is 5.97. The lowest BCUT2D eigenvalue weighted by Crippen LogP contribution is -2.00. The van der Waals surface area contributed by atoms with E-state index < -0.39 is 0 Å². The molecule has 3 aromatic heterocycles. The normalized spacial score (nSPS) is 14.4. The van der Waals surface area contributed by atoms with Crippen molar-refractivity contribution in [3.63, 3.8) is 0 Å². The molecule has 0 aliphatic heterocycles. The summed E-state index contributed by atoms with van der Waals surface area (Å²) in [6.07, 6.45) is 6.64. The number of nitrogens with two attached hydrogens (primary N) is 1. The van der Waals surface area contributed by atoms with Crippen molar-refractivity contribution < 1.29 is 0 Å². The van der Waals surface area contributed by atoms with Crippen LogP contribution in [0.15, 0.2) is 30.5 Å². The molecule has 0 atom stereocenters. The SMILES string of the molecule is Nc1n[nH]c2ccc(-c3ccnc4[nH]c5c(c34)CCCC5)cc12. The Morgan fingerprint density at radius 1 is 1.09 bits per heavy atom. The highest BCUT2D eigenvalue weighted by molar-refractivity contribution is 6.00. The van der Waals surface area contributed by atoms with Crippen LogP contribution in [0.2, 0.25) is 0 Å². The largest absolute Gasteiger partial charge is 0.382 e. The third-order valence-corrected chi connectivity index (χ3v) is 4.89. The Balaban J connectivity index is 1.81. The summed E-state index contributed by atoms with van der Waals surface area (Å²) < 4.78 is 0. The van der Waals surface area contributed by atoms with Crippen molar-refractivity contribution in [1.82, 2.24) is 20.2 Å². The van der Waals surface area contributed by atoms with E-state index in [1.165, 1.54) is 35.0 Å². The zero-order valence-electron chi connectivity index (χ0n) is 12.7. The summed E-state index contributed by atoms with van der Waals surface area (Å²) in [5.41, 5.74) is 13.1. The average molecular weight is 303 g/mol. The molecule has 0 amide bonds. The number of benzene rings is 1. The first-order chi connectivity index (χ1) is 11.3. The molecule has 4 N–H and O–H groups in total. The molecule has 23 heavy (non-hydrogen) atoms. The summed E-state index contributed by atoms with van der Waals surface area (Å²) in [5.74, 6) is 0.545. The highest BCUT2D eigenvalue weighted by Gasteiger charge is 2.19. The number of aromatic amines is 2. The second kappa shape index (κ2) is 4.59. The van der Waals surface area contributed by atoms with Crippen molar-refractivity contribution >= 4 is 27.8 Å². The van der Waals surface area contributed by atoms with Gasteiger partial charge in [-0.15, -0.1) is 0 Å². The summed E-state index contributed by atoms with van der Waals surface area (Å²) in [6, 6.07) is 8.38. The van der Waals surface area contributed by atoms with Crippen LogP contribution in [0.5, 0.6) is 0 Å². The molecule has 0 saturated carbocycles. The van der Waals surface area contributed by atoms with E-state index >= 15 is 0 Å². The minimum Gasteiger partial charge on any atom is -0.382 e. The Morgan fingerprint density at radius 3 is 2.96 bits per heavy atom. The molecule has 0 saturated heterocycles. The number of pyridine rings is 1. The lowest BCUT2D eigenvalue weighted by Gasteiger charge is -2.12. The van der Waals surface area contributed by atoms with Crippen molar-refractivity contribution in [2.24, 2.45) is 0 Å². The fourth-order valence-corrected chi connectivity index (χ4v) is 3.77. The predicted molar refractivity (Wildman–Crippen MR) is 92.2 cm³/mol. The molecule has 1 aliphatic rings. The molecule has 5 nitrogen and oxygen atoms in total. The minimum atomic E-state index is 0.545. The van der Waals surface area contributed by atoms with Gasteiger partial charge in [-0.25, -0.2) is 4.98 Å². The van der Waals surface area contributed by atoms with Crippen LogP contribution in [0, 0.1) is 0 Å². The zero-order chi connectivity index (χ0) is 15.4. The molecule has 114 valence electrons. The van der Waals surface area contributed by atoms with Gasteiger partial charge in [0.2, 0.25) is 0 Å². The van der Waals surface area contributed by atoms with Gasteiger partial charge in [0.05, 0.1) is 5.52 Å². The summed E-state index contributed by atoms with van der Waals surface area (Å²) in [5, 5.41) is 9.28. The van der Waals surface area contributed by atoms with E-state index in [1.807, 2.05) is 12.3 Å². The van der Waals surface area contributed by atoms with Crippen LogP contribution in [-0.4, -0.2) is 20.2 Å². The molecule has 5 heteroatoms. The number of anilines is 1. The number of rotatable bonds is 1. The topological polar surface area (TPSA) is 83.4 Å². The Hall–Kier alpha value is -2.82. The molecule has 0 fully saturated rings. The molecule has 0 radical (unpaired) electrons. The molecule has 0 unspecified atom stereocenters. The first-order valence-corrected chi connectivity index (χ1v) is 8.03. The molecule has 1 aliphatic carbocycles. The maximum absolute atomic E-state index is 5.97. The van der Waals surface area contributed by atoms with Crippen molar-refractivity contribution in [2.45, 2.75) is 25.7 Å². The zero-order valence-corrected chi connectivity index (χ0v) is 12.7. The molecule has 0 bridgehead atoms. The summed E-state index contributed by atoms with van der Waals surface area (Å²) in [6.45, 7) is 0. The standard InChI is InChI=1S/C18H17N5/c19-17-13-9-10(5-6-15(13)22-23-17)11-7-8-20-18-16(11)12-3-1-2-4-14(12)21-18/h5-9H,1-4H2,(H,20,21)(H3,19,22,23). The van der Waals surface area contributed by atoms with Crippen LogP contribution in [0.1, 0.15) is 24.1 Å². The van der Waals surface area contributed by atoms with Gasteiger partial charge in [-0.3, -0.25) is 5.10 Å². The van der Waals surface area contributed by atoms with Crippen LogP contribution in [-0.2, 0) is 12.8 Å². The first-order valence-electron chi connectivity index (χ1n) is 8.03. The van der Waals surface area contributed by atoms with Gasteiger partial charge in [-0.2, -0.15) is 5.10 Å². The first kappa shape index (κ1) is 12.7. The van der Waals surface area contributed by atoms with Gasteiger partial charge in [-0.05, 0) is 60.6 Å². The number of aryl methyl sites for hydroxylation is 2. The van der Waals surface area contributed by atoms with Crippen LogP contribution in [0.4, 0.5) is 5.82 Å². The third kappa shape index (κ3) is 1.79. The van der Waals surface area contributed by atoms with E-state index in [0.717, 1.165) is 35.0 Å². The minimum absolute atomic E-state index is 0.545. The van der Waals surface area contributed by atoms with Gasteiger partial charge in [-0.1, -0.05) is 6.07 Å². The monoisotopic (exact) mass is 303 g/mol. The molecule has 3 heterocycles. The van der Waals surface area contributed by atoms with Crippen LogP contribution in [0.3, 0.4) is 0 Å². The molecular formula is C18H17N5. The van der Waals surface area contributed by atoms with Gasteiger partial charge >= 0.3 is 0 Å². The van der Waals surface area contributed by atoms with Gasteiger partial charge in [0.25, 0.3) is 0 Å². The second-order valence-electron chi connectivity index (χ2n) is 6.24. The highest BCUT2D eigenvalue weighted by Crippen LogP contribution is 2.36. The van der Waals surface area contributed by atoms with Crippen LogP contribution < -0.4 is 5.73 Å². The van der Waals surface area contributed by atoms with E-state index in [2.05, 4.69) is 38.4 Å². The molecule has 4 aromatic rings. The molecular weight excluding hydrogens is 286 g/mol. The predicted octanol–water partition coefficient (Wildman–Crippen LogP) is 3.57. The number of nitrogens with one attached hydrogen (secondary N) is 2. The smallest absolute Gasteiger partial charge is 0.153 e. The molecule has 5 rings (SSSR count). The quantitative estimate of drug-likeness (QED) is 0.502. The Labute approximate surface area is 132 Å². The fraction of sp³-hybridized carbons (Fsp3) is 0.222. The van der Waals surface area contributed by atoms with E-state index in [0.29, 0.717) is 5.82 Å². The number of H-pyrrole nitrogens is 2. The van der Waals surface area contributed by atoms with Crippen LogP contribution >= 0.6 is 0 Å².